The molecular formula is C10H12FNO2. The molecule has 1 amide bonds. The van der Waals surface area contributed by atoms with Gasteiger partial charge in [0.05, 0.1) is 0 Å². The highest BCUT2D eigenvalue weighted by Crippen LogP contribution is 2.05. The fourth-order valence-electron chi connectivity index (χ4n) is 1.02. The summed E-state index contributed by atoms with van der Waals surface area (Å²) in [6.45, 7) is 0.184. The molecule has 0 aliphatic carbocycles. The van der Waals surface area contributed by atoms with Gasteiger partial charge in [-0.2, -0.15) is 0 Å². The van der Waals surface area contributed by atoms with Crippen molar-refractivity contribution in [3.63, 3.8) is 0 Å². The van der Waals surface area contributed by atoms with Gasteiger partial charge >= 0.3 is 0 Å². The Labute approximate surface area is 81.9 Å². The average molecular weight is 197 g/mol. The molecule has 0 aromatic heterocycles. The first-order valence-electron chi connectivity index (χ1n) is 4.23. The number of ether oxygens (including phenoxy) is 1. The summed E-state index contributed by atoms with van der Waals surface area (Å²) in [4.78, 5) is 11.0. The van der Waals surface area contributed by atoms with Crippen molar-refractivity contribution in [2.75, 3.05) is 13.7 Å². The van der Waals surface area contributed by atoms with Crippen molar-refractivity contribution in [3.05, 3.63) is 35.6 Å². The number of hydrogen-bond donors (Lipinski definition) is 1. The minimum absolute atomic E-state index is 0.00550. The summed E-state index contributed by atoms with van der Waals surface area (Å²) < 4.78 is 17.7. The Hall–Kier alpha value is -1.42. The van der Waals surface area contributed by atoms with E-state index in [1.807, 2.05) is 0 Å². The molecule has 4 heteroatoms. The normalized spacial score (nSPS) is 9.86. The zero-order chi connectivity index (χ0) is 10.4. The topological polar surface area (TPSA) is 38.3 Å². The minimum Gasteiger partial charge on any atom is -0.375 e. The van der Waals surface area contributed by atoms with Gasteiger partial charge in [-0.1, -0.05) is 18.2 Å². The smallest absolute Gasteiger partial charge is 0.246 e. The van der Waals surface area contributed by atoms with Crippen LogP contribution in [0.2, 0.25) is 0 Å². The molecule has 1 aromatic carbocycles. The number of hydrogen-bond acceptors (Lipinski definition) is 2. The second kappa shape index (κ2) is 5.34. The van der Waals surface area contributed by atoms with E-state index in [0.29, 0.717) is 5.56 Å². The summed E-state index contributed by atoms with van der Waals surface area (Å²) in [7, 11) is 1.43. The van der Waals surface area contributed by atoms with Crippen LogP contribution in [0.5, 0.6) is 0 Å². The molecule has 0 fully saturated rings. The molecule has 0 radical (unpaired) electrons. The van der Waals surface area contributed by atoms with Crippen LogP contribution in [0.4, 0.5) is 4.39 Å². The molecule has 76 valence electrons. The van der Waals surface area contributed by atoms with Gasteiger partial charge in [0.1, 0.15) is 12.4 Å². The molecule has 3 nitrogen and oxygen atoms in total. The molecule has 0 saturated carbocycles. The second-order valence-electron chi connectivity index (χ2n) is 2.80. The van der Waals surface area contributed by atoms with Crippen LogP contribution < -0.4 is 5.32 Å². The minimum atomic E-state index is -0.315. The molecule has 0 aliphatic heterocycles. The SMILES string of the molecule is COCC(=O)NCc1ccccc1F. The van der Waals surface area contributed by atoms with E-state index in [1.54, 1.807) is 18.2 Å². The zero-order valence-corrected chi connectivity index (χ0v) is 7.92. The lowest BCUT2D eigenvalue weighted by Gasteiger charge is -2.04. The van der Waals surface area contributed by atoms with E-state index >= 15 is 0 Å². The van der Waals surface area contributed by atoms with Crippen molar-refractivity contribution >= 4 is 5.91 Å². The van der Waals surface area contributed by atoms with E-state index in [2.05, 4.69) is 10.1 Å². The molecule has 0 atom stereocenters. The van der Waals surface area contributed by atoms with Gasteiger partial charge in [-0.25, -0.2) is 4.39 Å². The van der Waals surface area contributed by atoms with Gasteiger partial charge in [-0.05, 0) is 6.07 Å². The number of benzene rings is 1. The summed E-state index contributed by atoms with van der Waals surface area (Å²) in [5.41, 5.74) is 0.469. The molecule has 0 bridgehead atoms. The van der Waals surface area contributed by atoms with Gasteiger partial charge in [0.2, 0.25) is 5.91 Å². The summed E-state index contributed by atoms with van der Waals surface area (Å²) in [6, 6.07) is 6.32. The van der Waals surface area contributed by atoms with Crippen LogP contribution in [0.1, 0.15) is 5.56 Å². The van der Waals surface area contributed by atoms with Crippen molar-refractivity contribution in [2.45, 2.75) is 6.54 Å². The largest absolute Gasteiger partial charge is 0.375 e. The van der Waals surface area contributed by atoms with E-state index in [-0.39, 0.29) is 24.9 Å². The van der Waals surface area contributed by atoms with Crippen LogP contribution in [-0.4, -0.2) is 19.6 Å². The van der Waals surface area contributed by atoms with Gasteiger partial charge in [0.25, 0.3) is 0 Å². The Morgan fingerprint density at radius 2 is 2.21 bits per heavy atom. The maximum atomic E-state index is 13.0. The first-order valence-corrected chi connectivity index (χ1v) is 4.23. The fourth-order valence-corrected chi connectivity index (χ4v) is 1.02. The highest BCUT2D eigenvalue weighted by Gasteiger charge is 2.03. The van der Waals surface area contributed by atoms with Gasteiger partial charge < -0.3 is 10.1 Å². The summed E-state index contributed by atoms with van der Waals surface area (Å²) >= 11 is 0. The van der Waals surface area contributed by atoms with Crippen LogP contribution in [0.25, 0.3) is 0 Å². The molecule has 14 heavy (non-hydrogen) atoms. The summed E-state index contributed by atoms with van der Waals surface area (Å²) in [6.07, 6.45) is 0. The monoisotopic (exact) mass is 197 g/mol. The van der Waals surface area contributed by atoms with Crippen molar-refractivity contribution < 1.29 is 13.9 Å². The first-order chi connectivity index (χ1) is 6.74. The third-order valence-electron chi connectivity index (χ3n) is 1.71. The number of methoxy groups -OCH3 is 1. The lowest BCUT2D eigenvalue weighted by molar-refractivity contribution is -0.124. The molecule has 0 heterocycles. The van der Waals surface area contributed by atoms with Crippen molar-refractivity contribution in [1.29, 1.82) is 0 Å². The first kappa shape index (κ1) is 10.7. The van der Waals surface area contributed by atoms with Crippen molar-refractivity contribution in [2.24, 2.45) is 0 Å². The van der Waals surface area contributed by atoms with Gasteiger partial charge in [0.15, 0.2) is 0 Å². The molecule has 0 spiro atoms. The highest BCUT2D eigenvalue weighted by atomic mass is 19.1. The average Bonchev–Trinajstić information content (AvgIpc) is 2.17. The van der Waals surface area contributed by atoms with E-state index in [0.717, 1.165) is 0 Å². The number of rotatable bonds is 4. The van der Waals surface area contributed by atoms with E-state index in [1.165, 1.54) is 13.2 Å². The number of amides is 1. The lowest BCUT2D eigenvalue weighted by Crippen LogP contribution is -2.26. The van der Waals surface area contributed by atoms with Gasteiger partial charge in [0, 0.05) is 19.2 Å². The Bertz CT molecular complexity index is 315. The Balaban J connectivity index is 2.46. The molecule has 1 rings (SSSR count). The van der Waals surface area contributed by atoms with E-state index in [4.69, 9.17) is 0 Å². The molecule has 1 N–H and O–H groups in total. The molecule has 0 saturated heterocycles. The number of carbonyl (C=O) groups is 1. The maximum absolute atomic E-state index is 13.0. The quantitative estimate of drug-likeness (QED) is 0.784. The molecular weight excluding hydrogens is 185 g/mol. The Morgan fingerprint density at radius 1 is 1.50 bits per heavy atom. The predicted octanol–water partition coefficient (Wildman–Crippen LogP) is 1.09. The van der Waals surface area contributed by atoms with E-state index in [9.17, 15) is 9.18 Å². The van der Waals surface area contributed by atoms with Crippen LogP contribution >= 0.6 is 0 Å². The maximum Gasteiger partial charge on any atom is 0.246 e. The van der Waals surface area contributed by atoms with Crippen LogP contribution in [0.15, 0.2) is 24.3 Å². The highest BCUT2D eigenvalue weighted by molar-refractivity contribution is 5.77. The van der Waals surface area contributed by atoms with Gasteiger partial charge in [-0.3, -0.25) is 4.79 Å². The standard InChI is InChI=1S/C10H12FNO2/c1-14-7-10(13)12-6-8-4-2-3-5-9(8)11/h2-5H,6-7H2,1H3,(H,12,13). The van der Waals surface area contributed by atoms with Crippen LogP contribution in [-0.2, 0) is 16.1 Å². The van der Waals surface area contributed by atoms with Crippen LogP contribution in [0.3, 0.4) is 0 Å². The van der Waals surface area contributed by atoms with Gasteiger partial charge in [-0.15, -0.1) is 0 Å². The Morgan fingerprint density at radius 3 is 2.86 bits per heavy atom. The van der Waals surface area contributed by atoms with E-state index < -0.39 is 0 Å². The number of nitrogens with one attached hydrogen (secondary N) is 1. The Kier molecular flexibility index (Phi) is 4.07. The predicted molar refractivity (Wildman–Crippen MR) is 50.1 cm³/mol. The lowest BCUT2D eigenvalue weighted by atomic mass is 10.2. The molecule has 0 aliphatic rings. The van der Waals surface area contributed by atoms with Crippen molar-refractivity contribution in [3.8, 4) is 0 Å². The third kappa shape index (κ3) is 3.14. The van der Waals surface area contributed by atoms with Crippen LogP contribution in [0, 0.1) is 5.82 Å². The van der Waals surface area contributed by atoms with Crippen molar-refractivity contribution in [1.82, 2.24) is 5.32 Å². The fraction of sp³-hybridized carbons (Fsp3) is 0.300. The number of halogens is 1. The summed E-state index contributed by atoms with van der Waals surface area (Å²) in [5.74, 6) is -0.569. The third-order valence-corrected chi connectivity index (χ3v) is 1.71. The molecule has 1 aromatic rings. The molecule has 0 unspecified atom stereocenters. The number of carbonyl (C=O) groups excluding carboxylic acids is 1. The second-order valence-corrected chi connectivity index (χ2v) is 2.80. The zero-order valence-electron chi connectivity index (χ0n) is 7.92. The summed E-state index contributed by atoms with van der Waals surface area (Å²) in [5, 5.41) is 2.54.